The summed E-state index contributed by atoms with van der Waals surface area (Å²) in [4.78, 5) is 45.5. The predicted octanol–water partition coefficient (Wildman–Crippen LogP) is 6.78. The normalized spacial score (nSPS) is 24.7. The summed E-state index contributed by atoms with van der Waals surface area (Å²) in [5.41, 5.74) is 2.73. The zero-order chi connectivity index (χ0) is 43.4. The van der Waals surface area contributed by atoms with Crippen molar-refractivity contribution in [3.05, 3.63) is 83.2 Å². The molecule has 7 rings (SSSR count). The lowest BCUT2D eigenvalue weighted by Crippen LogP contribution is -2.64. The predicted molar refractivity (Wildman–Crippen MR) is 226 cm³/mol. The number of hydrogen-bond acceptors (Lipinski definition) is 11. The fourth-order valence-corrected chi connectivity index (χ4v) is 9.63. The Morgan fingerprint density at radius 3 is 1.89 bits per heavy atom. The minimum Gasteiger partial charge on any atom is -0.376 e. The van der Waals surface area contributed by atoms with Crippen molar-refractivity contribution in [1.82, 2.24) is 30.7 Å². The van der Waals surface area contributed by atoms with Gasteiger partial charge >= 0.3 is 0 Å². The van der Waals surface area contributed by atoms with Crippen LogP contribution in [0.4, 0.5) is 0 Å². The fraction of sp³-hybridized carbons (Fsp3) is 0.511. The molecule has 4 unspecified atom stereocenters. The molecule has 3 aliphatic rings. The quantitative estimate of drug-likeness (QED) is 0.128. The van der Waals surface area contributed by atoms with E-state index in [1.54, 1.807) is 70.5 Å². The second-order valence-electron chi connectivity index (χ2n) is 18.2. The summed E-state index contributed by atoms with van der Waals surface area (Å²) in [7, 11) is 0. The second-order valence-corrected chi connectivity index (χ2v) is 18.2. The Labute approximate surface area is 357 Å². The van der Waals surface area contributed by atoms with Gasteiger partial charge in [-0.25, -0.2) is 0 Å². The second kappa shape index (κ2) is 18.8. The van der Waals surface area contributed by atoms with E-state index in [-0.39, 0.29) is 58.9 Å². The largest absolute Gasteiger partial charge is 0.376 e. The van der Waals surface area contributed by atoms with E-state index < -0.39 is 18.3 Å². The topological polar surface area (TPSA) is 202 Å². The van der Waals surface area contributed by atoms with Crippen molar-refractivity contribution in [2.24, 2.45) is 29.6 Å². The van der Waals surface area contributed by atoms with Gasteiger partial charge in [-0.3, -0.25) is 19.7 Å². The molecule has 0 radical (unpaired) electrons. The van der Waals surface area contributed by atoms with Gasteiger partial charge in [0.1, 0.15) is 12.3 Å². The highest BCUT2D eigenvalue weighted by Gasteiger charge is 2.44. The molecule has 2 saturated heterocycles. The standard InChI is InChI=1S/C47H56N8O6/c1-27(2)16-36-25-54(46(58)37-21-42(60-52-37)33-11-6-30(23-48)7-12-33)41(44(56)50-36)19-29(5)18-32-10-15-35(20-32)39-26-55(40(17-28(3)4)45(57)51-39)47(59)38-22-43(61-53-38)34-13-8-31(24-49)9-14-34/h6-9,11-14,21-22,27-29,32,35-36,39-41,44,50,56H,10,15-20,25-26H2,1-5H3,(H,51,57)/t29?,32?,35?,36-,39+,40-,41-,44?/m0/s1. The number of hydrogen-bond donors (Lipinski definition) is 3. The van der Waals surface area contributed by atoms with Gasteiger partial charge in [0.05, 0.1) is 29.3 Å². The lowest BCUT2D eigenvalue weighted by molar-refractivity contribution is -0.130. The highest BCUT2D eigenvalue weighted by Crippen LogP contribution is 2.40. The molecule has 320 valence electrons. The van der Waals surface area contributed by atoms with Crippen LogP contribution in [-0.4, -0.2) is 86.4 Å². The van der Waals surface area contributed by atoms with Gasteiger partial charge in [0.25, 0.3) is 11.8 Å². The van der Waals surface area contributed by atoms with E-state index in [1.165, 1.54) is 0 Å². The lowest BCUT2D eigenvalue weighted by atomic mass is 9.86. The molecule has 3 N–H and O–H groups in total. The molecule has 2 aliphatic heterocycles. The Morgan fingerprint density at radius 2 is 1.34 bits per heavy atom. The molecule has 4 aromatic rings. The molecule has 3 fully saturated rings. The Balaban J connectivity index is 1.00. The van der Waals surface area contributed by atoms with Crippen molar-refractivity contribution in [2.45, 2.75) is 110 Å². The van der Waals surface area contributed by atoms with Crippen LogP contribution in [0.15, 0.2) is 69.7 Å². The molecule has 14 nitrogen and oxygen atoms in total. The molecule has 0 bridgehead atoms. The third-order valence-electron chi connectivity index (χ3n) is 12.5. The highest BCUT2D eigenvalue weighted by molar-refractivity contribution is 5.97. The van der Waals surface area contributed by atoms with Crippen LogP contribution in [0.3, 0.4) is 0 Å². The Hall–Kier alpha value is -5.83. The number of aromatic nitrogens is 2. The maximum atomic E-state index is 14.2. The summed E-state index contributed by atoms with van der Waals surface area (Å²) in [5, 5.41) is 44.8. The van der Waals surface area contributed by atoms with Crippen LogP contribution in [0.2, 0.25) is 0 Å². The third kappa shape index (κ3) is 10.0. The number of carbonyl (C=O) groups is 3. The van der Waals surface area contributed by atoms with E-state index in [2.05, 4.69) is 53.9 Å². The maximum Gasteiger partial charge on any atom is 0.276 e. The van der Waals surface area contributed by atoms with Crippen LogP contribution < -0.4 is 10.6 Å². The fourth-order valence-electron chi connectivity index (χ4n) is 9.63. The number of benzene rings is 2. The van der Waals surface area contributed by atoms with E-state index >= 15 is 0 Å². The molecule has 1 saturated carbocycles. The summed E-state index contributed by atoms with van der Waals surface area (Å²) in [6.07, 6.45) is 4.63. The number of nitrogens with one attached hydrogen (secondary N) is 2. The highest BCUT2D eigenvalue weighted by atomic mass is 16.5. The zero-order valence-corrected chi connectivity index (χ0v) is 35.6. The van der Waals surface area contributed by atoms with Crippen LogP contribution in [0.5, 0.6) is 0 Å². The molecule has 1 aliphatic carbocycles. The Bertz CT molecular complexity index is 2250. The van der Waals surface area contributed by atoms with Crippen LogP contribution in [0, 0.1) is 52.3 Å². The number of aliphatic hydroxyl groups is 1. The van der Waals surface area contributed by atoms with E-state index in [1.807, 2.05) is 13.8 Å². The van der Waals surface area contributed by atoms with Crippen molar-refractivity contribution in [1.29, 1.82) is 10.5 Å². The van der Waals surface area contributed by atoms with Crippen molar-refractivity contribution < 1.29 is 28.5 Å². The van der Waals surface area contributed by atoms with Crippen molar-refractivity contribution in [3.63, 3.8) is 0 Å². The van der Waals surface area contributed by atoms with Gasteiger partial charge < -0.3 is 29.3 Å². The molecule has 14 heteroatoms. The molecular formula is C47H56N8O6. The summed E-state index contributed by atoms with van der Waals surface area (Å²) in [5.74, 6) is 1.29. The first kappa shape index (κ1) is 43.3. The summed E-state index contributed by atoms with van der Waals surface area (Å²) in [6.45, 7) is 11.3. The van der Waals surface area contributed by atoms with Gasteiger partial charge in [-0.1, -0.05) is 51.4 Å². The Morgan fingerprint density at radius 1 is 0.787 bits per heavy atom. The molecule has 2 aromatic carbocycles. The molecule has 3 amide bonds. The number of rotatable bonds is 13. The monoisotopic (exact) mass is 828 g/mol. The van der Waals surface area contributed by atoms with Crippen molar-refractivity contribution in [2.75, 3.05) is 13.1 Å². The Kier molecular flexibility index (Phi) is 13.4. The van der Waals surface area contributed by atoms with Gasteiger partial charge in [0, 0.05) is 48.4 Å². The van der Waals surface area contributed by atoms with E-state index in [4.69, 9.17) is 9.05 Å². The van der Waals surface area contributed by atoms with Gasteiger partial charge in [-0.2, -0.15) is 10.5 Å². The summed E-state index contributed by atoms with van der Waals surface area (Å²) in [6, 6.07) is 19.8. The maximum absolute atomic E-state index is 14.2. The number of amides is 3. The average Bonchev–Trinajstić information content (AvgIpc) is 4.04. The van der Waals surface area contributed by atoms with Gasteiger partial charge in [-0.15, -0.1) is 0 Å². The van der Waals surface area contributed by atoms with E-state index in [0.717, 1.165) is 32.1 Å². The van der Waals surface area contributed by atoms with E-state index in [9.17, 15) is 30.0 Å². The number of carbonyl (C=O) groups excluding carboxylic acids is 3. The van der Waals surface area contributed by atoms with Crippen LogP contribution in [0.1, 0.15) is 112 Å². The first-order valence-corrected chi connectivity index (χ1v) is 21.6. The minimum atomic E-state index is -0.921. The van der Waals surface area contributed by atoms with Crippen LogP contribution >= 0.6 is 0 Å². The molecule has 4 heterocycles. The zero-order valence-electron chi connectivity index (χ0n) is 35.6. The first-order valence-electron chi connectivity index (χ1n) is 21.6. The smallest absolute Gasteiger partial charge is 0.276 e. The minimum absolute atomic E-state index is 0.0860. The lowest BCUT2D eigenvalue weighted by Gasteiger charge is -2.44. The molecule has 61 heavy (non-hydrogen) atoms. The van der Waals surface area contributed by atoms with Gasteiger partial charge in [-0.05, 0) is 117 Å². The van der Waals surface area contributed by atoms with Gasteiger partial charge in [0.15, 0.2) is 22.9 Å². The number of nitrogens with zero attached hydrogens (tertiary/aromatic N) is 6. The first-order chi connectivity index (χ1) is 29.3. The SMILES string of the molecule is CC(C)C[C@H]1CN(C(=O)c2cc(-c3ccc(C#N)cc3)on2)[C@@H](CC(C)CC2CCC([C@H]3CN(C(=O)c4cc(-c5ccc(C#N)cc5)on4)[C@@H](CC(C)C)C(=O)N3)C2)C(O)N1. The number of piperazine rings is 2. The average molecular weight is 829 g/mol. The third-order valence-corrected chi connectivity index (χ3v) is 12.5. The number of aliphatic hydroxyl groups excluding tert-OH is 1. The van der Waals surface area contributed by atoms with Crippen LogP contribution in [0.25, 0.3) is 22.6 Å². The summed E-state index contributed by atoms with van der Waals surface area (Å²) >= 11 is 0. The number of nitriles is 2. The van der Waals surface area contributed by atoms with E-state index in [0.29, 0.717) is 71.5 Å². The molecular weight excluding hydrogens is 773 g/mol. The van der Waals surface area contributed by atoms with Gasteiger partial charge in [0.2, 0.25) is 5.91 Å². The molecule has 2 aromatic heterocycles. The molecule has 0 spiro atoms. The summed E-state index contributed by atoms with van der Waals surface area (Å²) < 4.78 is 11.2. The van der Waals surface area contributed by atoms with Crippen molar-refractivity contribution in [3.8, 4) is 34.8 Å². The van der Waals surface area contributed by atoms with Crippen molar-refractivity contribution >= 4 is 17.7 Å². The van der Waals surface area contributed by atoms with Crippen LogP contribution in [-0.2, 0) is 4.79 Å². The molecule has 8 atom stereocenters.